The van der Waals surface area contributed by atoms with Crippen molar-refractivity contribution in [3.8, 4) is 11.3 Å². The van der Waals surface area contributed by atoms with Crippen molar-refractivity contribution in [1.82, 2.24) is 25.3 Å². The van der Waals surface area contributed by atoms with Crippen molar-refractivity contribution >= 4 is 44.8 Å². The van der Waals surface area contributed by atoms with Gasteiger partial charge in [-0.3, -0.25) is 18.8 Å². The molecule has 0 spiro atoms. The van der Waals surface area contributed by atoms with Gasteiger partial charge >= 0.3 is 0 Å². The van der Waals surface area contributed by atoms with Crippen LogP contribution >= 0.6 is 11.3 Å². The summed E-state index contributed by atoms with van der Waals surface area (Å²) in [4.78, 5) is 38.3. The maximum Gasteiger partial charge on any atom is 0.290 e. The van der Waals surface area contributed by atoms with Crippen LogP contribution in [0.25, 0.3) is 26.4 Å². The molecule has 2 amide bonds. The Hall–Kier alpha value is -3.76. The van der Waals surface area contributed by atoms with Crippen LogP contribution in [0.2, 0.25) is 0 Å². The van der Waals surface area contributed by atoms with E-state index in [0.717, 1.165) is 39.3 Å². The quantitative estimate of drug-likeness (QED) is 0.326. The second kappa shape index (κ2) is 10.0. The minimum Gasteiger partial charge on any atom is -0.483 e. The molecule has 4 aromatic rings. The third-order valence-electron chi connectivity index (χ3n) is 5.91. The van der Waals surface area contributed by atoms with Gasteiger partial charge in [-0.1, -0.05) is 23.5 Å². The number of carboxylic acid groups (broad SMARTS) is 1. The van der Waals surface area contributed by atoms with Crippen molar-refractivity contribution in [2.45, 2.75) is 24.9 Å². The summed E-state index contributed by atoms with van der Waals surface area (Å²) in [6, 6.07) is 13.9. The Morgan fingerprint density at radius 2 is 1.74 bits per heavy atom. The lowest BCUT2D eigenvalue weighted by Crippen LogP contribution is -2.51. The number of aromatic nitrogens is 2. The van der Waals surface area contributed by atoms with Gasteiger partial charge in [-0.25, -0.2) is 4.98 Å². The van der Waals surface area contributed by atoms with E-state index < -0.39 is 0 Å². The molecule has 2 aromatic carbocycles. The average molecular weight is 480 g/mol. The molecule has 10 heteroatoms. The third-order valence-corrected chi connectivity index (χ3v) is 6.93. The van der Waals surface area contributed by atoms with E-state index in [1.165, 1.54) is 0 Å². The van der Waals surface area contributed by atoms with Gasteiger partial charge in [-0.2, -0.15) is 0 Å². The number of amides is 2. The lowest BCUT2D eigenvalue weighted by Gasteiger charge is -2.35. The summed E-state index contributed by atoms with van der Waals surface area (Å²) in [5.41, 5.74) is 4.12. The number of rotatable bonds is 5. The summed E-state index contributed by atoms with van der Waals surface area (Å²) < 4.78 is 3.08. The van der Waals surface area contributed by atoms with E-state index in [-0.39, 0.29) is 24.3 Å². The topological polar surface area (TPSA) is 125 Å². The van der Waals surface area contributed by atoms with E-state index in [1.807, 2.05) is 48.0 Å². The van der Waals surface area contributed by atoms with Gasteiger partial charge in [0, 0.05) is 42.0 Å². The number of carbonyl (C=O) groups excluding carboxylic acids is 2. The number of imidazole rings is 1. The number of carbonyl (C=O) groups is 3. The van der Waals surface area contributed by atoms with Crippen molar-refractivity contribution in [1.29, 1.82) is 0 Å². The first-order valence-electron chi connectivity index (χ1n) is 10.8. The van der Waals surface area contributed by atoms with Crippen LogP contribution in [0.1, 0.15) is 33.6 Å². The van der Waals surface area contributed by atoms with Gasteiger partial charge in [-0.05, 0) is 50.2 Å². The van der Waals surface area contributed by atoms with E-state index in [9.17, 15) is 9.59 Å². The van der Waals surface area contributed by atoms with E-state index in [0.29, 0.717) is 17.2 Å². The average Bonchev–Trinajstić information content (AvgIpc) is 3.38. The van der Waals surface area contributed by atoms with Gasteiger partial charge < -0.3 is 21.1 Å². The summed E-state index contributed by atoms with van der Waals surface area (Å²) in [6.45, 7) is -0.250. The molecule has 4 N–H and O–H groups in total. The van der Waals surface area contributed by atoms with E-state index in [1.54, 1.807) is 30.5 Å². The van der Waals surface area contributed by atoms with Crippen LogP contribution in [0.4, 0.5) is 0 Å². The molecule has 176 valence electrons. The highest BCUT2D eigenvalue weighted by Crippen LogP contribution is 2.30. The number of thiazole rings is 1. The molecule has 0 unspecified atom stereocenters. The number of hydrogen-bond acceptors (Lipinski definition) is 6. The molecular formula is C24H25N5O4S. The lowest BCUT2D eigenvalue weighted by molar-refractivity contribution is -0.122. The standard InChI is InChI=1S/C23H23N5O2S.CH2O2/c1-24-16-10-17(11-16)26-22(30)15-7-8-19-20(9-15)31-23-27-18(12-28(19)23)13-3-5-14(6-4-13)21(29)25-2;2-1-3/h3-9,12,16-17,24H,10-11H2,1-2H3,(H,25,29)(H,26,30);1H,(H,2,3). The summed E-state index contributed by atoms with van der Waals surface area (Å²) in [7, 11) is 3.57. The fourth-order valence-electron chi connectivity index (χ4n) is 3.96. The molecule has 0 bridgehead atoms. The Morgan fingerprint density at radius 3 is 2.38 bits per heavy atom. The molecule has 2 aromatic heterocycles. The number of hydrogen-bond donors (Lipinski definition) is 4. The van der Waals surface area contributed by atoms with Gasteiger partial charge in [-0.15, -0.1) is 0 Å². The summed E-state index contributed by atoms with van der Waals surface area (Å²) in [5, 5.41) is 15.9. The first kappa shape index (κ1) is 23.4. The number of nitrogens with zero attached hydrogens (tertiary/aromatic N) is 2. The van der Waals surface area contributed by atoms with Crippen molar-refractivity contribution < 1.29 is 19.5 Å². The molecule has 2 heterocycles. The predicted molar refractivity (Wildman–Crippen MR) is 131 cm³/mol. The number of nitrogens with one attached hydrogen (secondary N) is 3. The van der Waals surface area contributed by atoms with Gasteiger partial charge in [0.2, 0.25) is 0 Å². The zero-order valence-corrected chi connectivity index (χ0v) is 19.6. The molecule has 34 heavy (non-hydrogen) atoms. The molecule has 1 aliphatic carbocycles. The van der Waals surface area contributed by atoms with Crippen molar-refractivity contribution in [2.24, 2.45) is 0 Å². The summed E-state index contributed by atoms with van der Waals surface area (Å²) in [6.07, 6.45) is 3.95. The molecule has 1 fully saturated rings. The first-order valence-corrected chi connectivity index (χ1v) is 11.6. The minimum absolute atomic E-state index is 0.0237. The Balaban J connectivity index is 0.000000868. The largest absolute Gasteiger partial charge is 0.483 e. The van der Waals surface area contributed by atoms with Gasteiger partial charge in [0.1, 0.15) is 0 Å². The molecule has 0 aliphatic heterocycles. The maximum atomic E-state index is 12.6. The van der Waals surface area contributed by atoms with Crippen LogP contribution in [-0.2, 0) is 4.79 Å². The molecule has 1 saturated carbocycles. The fourth-order valence-corrected chi connectivity index (χ4v) is 5.01. The van der Waals surface area contributed by atoms with Gasteiger partial charge in [0.25, 0.3) is 18.3 Å². The fraction of sp³-hybridized carbons (Fsp3) is 0.250. The van der Waals surface area contributed by atoms with Gasteiger partial charge in [0.15, 0.2) is 4.96 Å². The summed E-state index contributed by atoms with van der Waals surface area (Å²) >= 11 is 1.56. The smallest absolute Gasteiger partial charge is 0.290 e. The van der Waals surface area contributed by atoms with Gasteiger partial charge in [0.05, 0.1) is 15.9 Å². The number of fused-ring (bicyclic) bond motifs is 3. The van der Waals surface area contributed by atoms with Crippen LogP contribution in [0.15, 0.2) is 48.7 Å². The van der Waals surface area contributed by atoms with E-state index in [2.05, 4.69) is 16.0 Å². The lowest BCUT2D eigenvalue weighted by atomic mass is 9.87. The van der Waals surface area contributed by atoms with E-state index in [4.69, 9.17) is 14.9 Å². The molecular weight excluding hydrogens is 454 g/mol. The monoisotopic (exact) mass is 479 g/mol. The maximum absolute atomic E-state index is 12.6. The molecule has 9 nitrogen and oxygen atoms in total. The number of benzene rings is 2. The second-order valence-corrected chi connectivity index (χ2v) is 8.96. The van der Waals surface area contributed by atoms with Crippen LogP contribution in [-0.4, -0.2) is 59.0 Å². The van der Waals surface area contributed by atoms with Crippen LogP contribution in [0, 0.1) is 0 Å². The zero-order chi connectivity index (χ0) is 24.2. The normalized spacial score (nSPS) is 16.9. The SMILES string of the molecule is CNC(=O)c1ccc(-c2cn3c(n2)sc2cc(C(=O)NC4CC(NC)C4)ccc23)cc1.O=CO. The molecule has 1 aliphatic rings. The van der Waals surface area contributed by atoms with Crippen molar-refractivity contribution in [2.75, 3.05) is 14.1 Å². The molecule has 5 rings (SSSR count). The van der Waals surface area contributed by atoms with E-state index >= 15 is 0 Å². The Kier molecular flexibility index (Phi) is 6.90. The highest BCUT2D eigenvalue weighted by atomic mass is 32.1. The molecule has 0 radical (unpaired) electrons. The minimum atomic E-state index is -0.250. The first-order chi connectivity index (χ1) is 16.5. The second-order valence-electron chi connectivity index (χ2n) is 7.95. The summed E-state index contributed by atoms with van der Waals surface area (Å²) in [5.74, 6) is -0.133. The zero-order valence-electron chi connectivity index (χ0n) is 18.7. The van der Waals surface area contributed by atoms with Crippen LogP contribution in [0.5, 0.6) is 0 Å². The highest BCUT2D eigenvalue weighted by Gasteiger charge is 2.29. The molecule has 0 atom stereocenters. The molecule has 0 saturated heterocycles. The Morgan fingerprint density at radius 1 is 1.06 bits per heavy atom. The van der Waals surface area contributed by atoms with Crippen molar-refractivity contribution in [3.05, 3.63) is 59.8 Å². The Labute approximate surface area is 199 Å². The van der Waals surface area contributed by atoms with Crippen molar-refractivity contribution in [3.63, 3.8) is 0 Å². The highest BCUT2D eigenvalue weighted by molar-refractivity contribution is 7.23. The van der Waals surface area contributed by atoms with Crippen LogP contribution in [0.3, 0.4) is 0 Å². The third kappa shape index (κ3) is 4.63. The predicted octanol–water partition coefficient (Wildman–Crippen LogP) is 2.76. The Bertz CT molecular complexity index is 1340. The van der Waals surface area contributed by atoms with Crippen LogP contribution < -0.4 is 16.0 Å².